The number of benzene rings is 2. The molecule has 0 bridgehead atoms. The third-order valence-corrected chi connectivity index (χ3v) is 6.38. The number of carbonyl (C=O) groups excluding carboxylic acids is 1. The number of carbonyl (C=O) groups is 1. The van der Waals surface area contributed by atoms with E-state index in [0.29, 0.717) is 12.0 Å². The zero-order chi connectivity index (χ0) is 18.2. The Morgan fingerprint density at radius 1 is 0.926 bits per heavy atom. The summed E-state index contributed by atoms with van der Waals surface area (Å²) in [5.41, 5.74) is 1.74. The number of aromatic nitrogens is 3. The third kappa shape index (κ3) is 3.44. The van der Waals surface area contributed by atoms with Crippen LogP contribution in [0.25, 0.3) is 0 Å². The van der Waals surface area contributed by atoms with Gasteiger partial charge in [0.2, 0.25) is 0 Å². The zero-order valence-corrected chi connectivity index (χ0v) is 15.8. The summed E-state index contributed by atoms with van der Waals surface area (Å²) in [6, 6.07) is 20.1. The van der Waals surface area contributed by atoms with Crippen LogP contribution in [-0.4, -0.2) is 20.5 Å². The van der Waals surface area contributed by atoms with Crippen LogP contribution in [0.15, 0.2) is 65.8 Å². The molecule has 5 rings (SSSR count). The molecule has 2 saturated carbocycles. The highest BCUT2D eigenvalue weighted by atomic mass is 32.2. The van der Waals surface area contributed by atoms with Gasteiger partial charge < -0.3 is 4.57 Å². The predicted molar refractivity (Wildman–Crippen MR) is 106 cm³/mol. The first-order chi connectivity index (χ1) is 13.3. The van der Waals surface area contributed by atoms with E-state index in [-0.39, 0.29) is 11.0 Å². The van der Waals surface area contributed by atoms with Gasteiger partial charge in [0.1, 0.15) is 11.1 Å². The van der Waals surface area contributed by atoms with Crippen molar-refractivity contribution in [2.75, 3.05) is 0 Å². The van der Waals surface area contributed by atoms with Gasteiger partial charge in [-0.25, -0.2) is 0 Å². The third-order valence-electron chi connectivity index (χ3n) is 5.17. The van der Waals surface area contributed by atoms with Gasteiger partial charge in [-0.1, -0.05) is 72.4 Å². The molecule has 5 heteroatoms. The molecule has 1 aromatic heterocycles. The highest BCUT2D eigenvalue weighted by Gasteiger charge is 2.37. The minimum absolute atomic E-state index is 0.116. The molecule has 4 nitrogen and oxygen atoms in total. The Morgan fingerprint density at radius 3 is 2.22 bits per heavy atom. The average molecular weight is 375 g/mol. The van der Waals surface area contributed by atoms with Crippen LogP contribution in [0, 0.1) is 0 Å². The van der Waals surface area contributed by atoms with Crippen LogP contribution < -0.4 is 0 Å². The van der Waals surface area contributed by atoms with Gasteiger partial charge in [0.15, 0.2) is 10.9 Å². The lowest BCUT2D eigenvalue weighted by Gasteiger charge is -2.17. The molecule has 27 heavy (non-hydrogen) atoms. The molecular weight excluding hydrogens is 354 g/mol. The van der Waals surface area contributed by atoms with Crippen LogP contribution in [0.1, 0.15) is 64.6 Å². The van der Waals surface area contributed by atoms with Crippen LogP contribution in [0.4, 0.5) is 0 Å². The lowest BCUT2D eigenvalue weighted by molar-refractivity contribution is 0.0989. The maximum Gasteiger partial charge on any atom is 0.192 e. The minimum Gasteiger partial charge on any atom is -0.303 e. The van der Waals surface area contributed by atoms with Crippen molar-refractivity contribution in [2.45, 2.75) is 48.0 Å². The lowest BCUT2D eigenvalue weighted by Crippen LogP contribution is -2.11. The Labute approximate surface area is 163 Å². The average Bonchev–Trinajstić information content (AvgIpc) is 3.66. The second-order valence-electron chi connectivity index (χ2n) is 7.36. The molecule has 2 aliphatic rings. The number of Topliss-reactive ketones (excluding diaryl/α,β-unsaturated/α-hetero) is 1. The zero-order valence-electron chi connectivity index (χ0n) is 15.0. The molecule has 0 radical (unpaired) electrons. The van der Waals surface area contributed by atoms with Crippen LogP contribution in [0.5, 0.6) is 0 Å². The minimum atomic E-state index is -0.317. The van der Waals surface area contributed by atoms with E-state index in [0.717, 1.165) is 22.1 Å². The van der Waals surface area contributed by atoms with Crippen LogP contribution in [-0.2, 0) is 0 Å². The SMILES string of the molecule is O=C(c1ccccc1)[C@@H](Sc1nnc(C2CC2)n1C1CC1)c1ccccc1. The van der Waals surface area contributed by atoms with Crippen molar-refractivity contribution in [3.63, 3.8) is 0 Å². The highest BCUT2D eigenvalue weighted by Crippen LogP contribution is 2.48. The van der Waals surface area contributed by atoms with Gasteiger partial charge in [0, 0.05) is 17.5 Å². The fraction of sp³-hybridized carbons (Fsp3) is 0.318. The summed E-state index contributed by atoms with van der Waals surface area (Å²) in [4.78, 5) is 13.3. The molecule has 136 valence electrons. The van der Waals surface area contributed by atoms with E-state index in [4.69, 9.17) is 0 Å². The Balaban J connectivity index is 1.51. The summed E-state index contributed by atoms with van der Waals surface area (Å²) in [6.07, 6.45) is 4.79. The fourth-order valence-corrected chi connectivity index (χ4v) is 4.62. The Bertz CT molecular complexity index is 946. The topological polar surface area (TPSA) is 47.8 Å². The number of hydrogen-bond donors (Lipinski definition) is 0. The number of nitrogens with zero attached hydrogens (tertiary/aromatic N) is 3. The first-order valence-electron chi connectivity index (χ1n) is 9.57. The van der Waals surface area contributed by atoms with Crippen LogP contribution >= 0.6 is 11.8 Å². The number of hydrogen-bond acceptors (Lipinski definition) is 4. The summed E-state index contributed by atoms with van der Waals surface area (Å²) in [6.45, 7) is 0. The molecule has 2 aliphatic carbocycles. The lowest BCUT2D eigenvalue weighted by atomic mass is 10.0. The van der Waals surface area contributed by atoms with Gasteiger partial charge in [-0.15, -0.1) is 10.2 Å². The number of ketones is 1. The van der Waals surface area contributed by atoms with Crippen LogP contribution in [0.3, 0.4) is 0 Å². The molecule has 1 atom stereocenters. The first kappa shape index (κ1) is 16.8. The molecule has 3 aromatic rings. The maximum absolute atomic E-state index is 13.3. The van der Waals surface area contributed by atoms with E-state index in [1.54, 1.807) is 11.8 Å². The quantitative estimate of drug-likeness (QED) is 0.420. The van der Waals surface area contributed by atoms with E-state index in [9.17, 15) is 4.79 Å². The molecule has 0 amide bonds. The molecule has 0 unspecified atom stereocenters. The summed E-state index contributed by atoms with van der Waals surface area (Å²) < 4.78 is 2.32. The van der Waals surface area contributed by atoms with Gasteiger partial charge in [0.25, 0.3) is 0 Å². The molecule has 0 saturated heterocycles. The second kappa shape index (κ2) is 6.97. The highest BCUT2D eigenvalue weighted by molar-refractivity contribution is 8.00. The summed E-state index contributed by atoms with van der Waals surface area (Å²) in [5.74, 6) is 1.80. The monoisotopic (exact) mass is 375 g/mol. The van der Waals surface area contributed by atoms with Crippen LogP contribution in [0.2, 0.25) is 0 Å². The standard InChI is InChI=1S/C22H21N3OS/c26-19(15-7-3-1-4-8-15)20(16-9-5-2-6-10-16)27-22-24-23-21(17-11-12-17)25(22)18-13-14-18/h1-10,17-18,20H,11-14H2/t20-/m0/s1. The largest absolute Gasteiger partial charge is 0.303 e. The van der Waals surface area contributed by atoms with E-state index in [2.05, 4.69) is 14.8 Å². The Hall–Kier alpha value is -2.40. The van der Waals surface area contributed by atoms with E-state index >= 15 is 0 Å². The normalized spacial score (nSPS) is 17.6. The summed E-state index contributed by atoms with van der Waals surface area (Å²) in [7, 11) is 0. The van der Waals surface area contributed by atoms with Gasteiger partial charge in [-0.2, -0.15) is 0 Å². The Kier molecular flexibility index (Phi) is 4.32. The molecule has 1 heterocycles. The summed E-state index contributed by atoms with van der Waals surface area (Å²) in [5, 5.41) is 9.57. The Morgan fingerprint density at radius 2 is 1.59 bits per heavy atom. The van der Waals surface area contributed by atoms with E-state index in [1.165, 1.54) is 25.7 Å². The van der Waals surface area contributed by atoms with Crippen molar-refractivity contribution >= 4 is 17.5 Å². The fourth-order valence-electron chi connectivity index (χ4n) is 3.42. The van der Waals surface area contributed by atoms with Crippen molar-refractivity contribution in [3.8, 4) is 0 Å². The molecular formula is C22H21N3OS. The van der Waals surface area contributed by atoms with Crippen molar-refractivity contribution in [1.82, 2.24) is 14.8 Å². The number of thioether (sulfide) groups is 1. The van der Waals surface area contributed by atoms with Gasteiger partial charge in [-0.05, 0) is 31.2 Å². The first-order valence-corrected chi connectivity index (χ1v) is 10.4. The van der Waals surface area contributed by atoms with E-state index < -0.39 is 0 Å². The smallest absolute Gasteiger partial charge is 0.192 e. The van der Waals surface area contributed by atoms with Gasteiger partial charge in [-0.3, -0.25) is 4.79 Å². The second-order valence-corrected chi connectivity index (χ2v) is 8.43. The maximum atomic E-state index is 13.3. The van der Waals surface area contributed by atoms with Gasteiger partial charge in [0.05, 0.1) is 0 Å². The predicted octanol–water partition coefficient (Wildman–Crippen LogP) is 5.21. The van der Waals surface area contributed by atoms with Gasteiger partial charge >= 0.3 is 0 Å². The van der Waals surface area contributed by atoms with Crippen molar-refractivity contribution in [1.29, 1.82) is 0 Å². The molecule has 0 N–H and O–H groups in total. The van der Waals surface area contributed by atoms with Crippen molar-refractivity contribution in [3.05, 3.63) is 77.6 Å². The van der Waals surface area contributed by atoms with E-state index in [1.807, 2.05) is 60.7 Å². The molecule has 0 aliphatic heterocycles. The molecule has 0 spiro atoms. The van der Waals surface area contributed by atoms with Crippen molar-refractivity contribution < 1.29 is 4.79 Å². The number of rotatable bonds is 7. The van der Waals surface area contributed by atoms with Crippen molar-refractivity contribution in [2.24, 2.45) is 0 Å². The molecule has 2 aromatic carbocycles. The molecule has 2 fully saturated rings. The summed E-state index contributed by atoms with van der Waals surface area (Å²) >= 11 is 1.55.